The number of methoxy groups -OCH3 is 1. The lowest BCUT2D eigenvalue weighted by molar-refractivity contribution is 0.0995. The van der Waals surface area contributed by atoms with Gasteiger partial charge in [0.15, 0.2) is 0 Å². The molecule has 0 spiro atoms. The largest absolute Gasteiger partial charge is 0.495 e. The first kappa shape index (κ1) is 17.2. The van der Waals surface area contributed by atoms with Crippen LogP contribution in [0.1, 0.15) is 36.6 Å². The van der Waals surface area contributed by atoms with Crippen molar-refractivity contribution in [3.8, 4) is 5.75 Å². The van der Waals surface area contributed by atoms with Crippen molar-refractivity contribution in [1.29, 1.82) is 0 Å². The fourth-order valence-corrected chi connectivity index (χ4v) is 3.01. The molecule has 2 aromatic rings. The van der Waals surface area contributed by atoms with E-state index in [1.807, 2.05) is 25.1 Å². The minimum atomic E-state index is -0.240. The fraction of sp³-hybridized carbons (Fsp3) is 0.389. The Morgan fingerprint density at radius 3 is 2.92 bits per heavy atom. The summed E-state index contributed by atoms with van der Waals surface area (Å²) in [5, 5.41) is 5.95. The quantitative estimate of drug-likeness (QED) is 0.871. The van der Waals surface area contributed by atoms with Crippen LogP contribution < -0.4 is 15.4 Å². The molecule has 3 heterocycles. The molecule has 1 unspecified atom stereocenters. The molecule has 3 atom stereocenters. The van der Waals surface area contributed by atoms with E-state index < -0.39 is 0 Å². The Bertz CT molecular complexity index is 710. The predicted molar refractivity (Wildman–Crippen MR) is 92.2 cm³/mol. The summed E-state index contributed by atoms with van der Waals surface area (Å²) in [6, 6.07) is 5.12. The predicted octanol–water partition coefficient (Wildman–Crippen LogP) is 2.38. The number of ether oxygens (including phenoxy) is 2. The normalized spacial score (nSPS) is 20.7. The first-order valence-corrected chi connectivity index (χ1v) is 8.25. The average Bonchev–Trinajstić information content (AvgIpc) is 3.10. The van der Waals surface area contributed by atoms with Crippen LogP contribution in [-0.4, -0.2) is 35.8 Å². The number of urea groups is 1. The van der Waals surface area contributed by atoms with Gasteiger partial charge in [-0.2, -0.15) is 0 Å². The Labute approximate surface area is 146 Å². The smallest absolute Gasteiger partial charge is 0.315 e. The van der Waals surface area contributed by atoms with Gasteiger partial charge in [-0.05, 0) is 25.5 Å². The number of amides is 2. The van der Waals surface area contributed by atoms with Crippen molar-refractivity contribution < 1.29 is 14.3 Å². The molecule has 7 nitrogen and oxygen atoms in total. The van der Waals surface area contributed by atoms with E-state index in [0.29, 0.717) is 12.4 Å². The average molecular weight is 342 g/mol. The summed E-state index contributed by atoms with van der Waals surface area (Å²) in [6.45, 7) is 2.51. The SMILES string of the molecule is COc1cnccc1C(C)NC(=O)N[C@@H]1CCO[C@H]1c1cccnc1. The van der Waals surface area contributed by atoms with Gasteiger partial charge in [0.2, 0.25) is 0 Å². The monoisotopic (exact) mass is 342 g/mol. The molecule has 2 aromatic heterocycles. The van der Waals surface area contributed by atoms with Gasteiger partial charge in [-0.25, -0.2) is 4.79 Å². The van der Waals surface area contributed by atoms with Crippen molar-refractivity contribution in [2.75, 3.05) is 13.7 Å². The molecule has 0 bridgehead atoms. The molecule has 1 aliphatic heterocycles. The van der Waals surface area contributed by atoms with E-state index in [2.05, 4.69) is 20.6 Å². The van der Waals surface area contributed by atoms with Crippen LogP contribution in [0.2, 0.25) is 0 Å². The Hall–Kier alpha value is -2.67. The summed E-state index contributed by atoms with van der Waals surface area (Å²) < 4.78 is 11.1. The zero-order valence-electron chi connectivity index (χ0n) is 14.3. The number of nitrogens with zero attached hydrogens (tertiary/aromatic N) is 2. The zero-order chi connectivity index (χ0) is 17.6. The van der Waals surface area contributed by atoms with E-state index >= 15 is 0 Å². The molecule has 7 heteroatoms. The van der Waals surface area contributed by atoms with Gasteiger partial charge in [-0.3, -0.25) is 9.97 Å². The number of pyridine rings is 2. The highest BCUT2D eigenvalue weighted by atomic mass is 16.5. The summed E-state index contributed by atoms with van der Waals surface area (Å²) in [5.41, 5.74) is 1.84. The molecule has 1 fully saturated rings. The third-order valence-electron chi connectivity index (χ3n) is 4.27. The number of nitrogens with one attached hydrogen (secondary N) is 2. The second-order valence-corrected chi connectivity index (χ2v) is 5.93. The van der Waals surface area contributed by atoms with Crippen LogP contribution in [-0.2, 0) is 4.74 Å². The second-order valence-electron chi connectivity index (χ2n) is 5.93. The van der Waals surface area contributed by atoms with Gasteiger partial charge in [0.25, 0.3) is 0 Å². The molecule has 132 valence electrons. The van der Waals surface area contributed by atoms with Crippen molar-refractivity contribution in [1.82, 2.24) is 20.6 Å². The molecule has 0 saturated carbocycles. The highest BCUT2D eigenvalue weighted by Gasteiger charge is 2.31. The minimum absolute atomic E-state index is 0.0873. The number of carbonyl (C=O) groups is 1. The van der Waals surface area contributed by atoms with Crippen LogP contribution in [0.3, 0.4) is 0 Å². The third-order valence-corrected chi connectivity index (χ3v) is 4.27. The van der Waals surface area contributed by atoms with Gasteiger partial charge in [0, 0.05) is 36.3 Å². The summed E-state index contributed by atoms with van der Waals surface area (Å²) in [4.78, 5) is 20.6. The van der Waals surface area contributed by atoms with Gasteiger partial charge in [-0.15, -0.1) is 0 Å². The Balaban J connectivity index is 1.62. The van der Waals surface area contributed by atoms with Gasteiger partial charge < -0.3 is 20.1 Å². The number of hydrogen-bond donors (Lipinski definition) is 2. The van der Waals surface area contributed by atoms with Gasteiger partial charge in [0.1, 0.15) is 11.9 Å². The number of hydrogen-bond acceptors (Lipinski definition) is 5. The molecule has 25 heavy (non-hydrogen) atoms. The number of rotatable bonds is 5. The van der Waals surface area contributed by atoms with Crippen molar-refractivity contribution in [3.63, 3.8) is 0 Å². The number of aromatic nitrogens is 2. The van der Waals surface area contributed by atoms with E-state index in [-0.39, 0.29) is 24.2 Å². The van der Waals surface area contributed by atoms with E-state index in [1.54, 1.807) is 31.9 Å². The fourth-order valence-electron chi connectivity index (χ4n) is 3.01. The maximum Gasteiger partial charge on any atom is 0.315 e. The lowest BCUT2D eigenvalue weighted by atomic mass is 10.0. The molecule has 0 aliphatic carbocycles. The Kier molecular flexibility index (Phi) is 5.45. The van der Waals surface area contributed by atoms with Crippen LogP contribution in [0.15, 0.2) is 43.0 Å². The van der Waals surface area contributed by atoms with Gasteiger partial charge >= 0.3 is 6.03 Å². The van der Waals surface area contributed by atoms with Crippen molar-refractivity contribution in [3.05, 3.63) is 54.1 Å². The van der Waals surface area contributed by atoms with Crippen LogP contribution in [0, 0.1) is 0 Å². The molecule has 3 rings (SSSR count). The van der Waals surface area contributed by atoms with E-state index in [1.165, 1.54) is 0 Å². The molecule has 0 radical (unpaired) electrons. The summed E-state index contributed by atoms with van der Waals surface area (Å²) in [5.74, 6) is 0.646. The summed E-state index contributed by atoms with van der Waals surface area (Å²) >= 11 is 0. The summed E-state index contributed by atoms with van der Waals surface area (Å²) in [7, 11) is 1.58. The van der Waals surface area contributed by atoms with Crippen molar-refractivity contribution in [2.45, 2.75) is 31.5 Å². The van der Waals surface area contributed by atoms with Crippen LogP contribution in [0.4, 0.5) is 4.79 Å². The van der Waals surface area contributed by atoms with Crippen molar-refractivity contribution in [2.24, 2.45) is 0 Å². The molecular formula is C18H22N4O3. The first-order chi connectivity index (χ1) is 12.2. The van der Waals surface area contributed by atoms with Gasteiger partial charge in [0.05, 0.1) is 25.4 Å². The first-order valence-electron chi connectivity index (χ1n) is 8.25. The third kappa shape index (κ3) is 4.06. The minimum Gasteiger partial charge on any atom is -0.495 e. The van der Waals surface area contributed by atoms with Crippen LogP contribution in [0.5, 0.6) is 5.75 Å². The lowest BCUT2D eigenvalue weighted by Gasteiger charge is -2.22. The highest BCUT2D eigenvalue weighted by molar-refractivity contribution is 5.75. The standard InChI is InChI=1S/C18H22N4O3/c1-12(14-5-8-20-11-16(14)24-2)21-18(23)22-15-6-9-25-17(15)13-4-3-7-19-10-13/h3-5,7-8,10-12,15,17H,6,9H2,1-2H3,(H2,21,22,23)/t12?,15-,17+/m1/s1. The van der Waals surface area contributed by atoms with Crippen molar-refractivity contribution >= 4 is 6.03 Å². The van der Waals surface area contributed by atoms with Crippen LogP contribution in [0.25, 0.3) is 0 Å². The van der Waals surface area contributed by atoms with E-state index in [9.17, 15) is 4.79 Å². The second kappa shape index (κ2) is 7.94. The molecule has 2 amide bonds. The summed E-state index contributed by atoms with van der Waals surface area (Å²) in [6.07, 6.45) is 7.39. The topological polar surface area (TPSA) is 85.4 Å². The zero-order valence-corrected chi connectivity index (χ0v) is 14.3. The van der Waals surface area contributed by atoms with Crippen LogP contribution >= 0.6 is 0 Å². The maximum absolute atomic E-state index is 12.4. The van der Waals surface area contributed by atoms with Gasteiger partial charge in [-0.1, -0.05) is 6.07 Å². The Morgan fingerprint density at radius 2 is 2.16 bits per heavy atom. The molecule has 0 aromatic carbocycles. The highest BCUT2D eigenvalue weighted by Crippen LogP contribution is 2.28. The maximum atomic E-state index is 12.4. The lowest BCUT2D eigenvalue weighted by Crippen LogP contribution is -2.44. The molecular weight excluding hydrogens is 320 g/mol. The number of carbonyl (C=O) groups excluding carboxylic acids is 1. The van der Waals surface area contributed by atoms with E-state index in [4.69, 9.17) is 9.47 Å². The molecule has 2 N–H and O–H groups in total. The molecule has 1 saturated heterocycles. The molecule has 1 aliphatic rings. The Morgan fingerprint density at radius 1 is 1.32 bits per heavy atom. The van der Waals surface area contributed by atoms with E-state index in [0.717, 1.165) is 17.5 Å².